The molecule has 1 aromatic rings. The summed E-state index contributed by atoms with van der Waals surface area (Å²) >= 11 is 0. The lowest BCUT2D eigenvalue weighted by atomic mass is 9.89. The highest BCUT2D eigenvalue weighted by Crippen LogP contribution is 2.28. The minimum Gasteiger partial charge on any atom is -0.397 e. The van der Waals surface area contributed by atoms with Gasteiger partial charge in [-0.3, -0.25) is 4.79 Å². The Bertz CT molecular complexity index is 487. The molecule has 2 heterocycles. The van der Waals surface area contributed by atoms with Crippen molar-refractivity contribution in [3.63, 3.8) is 0 Å². The van der Waals surface area contributed by atoms with E-state index in [1.165, 1.54) is 6.42 Å². The van der Waals surface area contributed by atoms with Gasteiger partial charge < -0.3 is 16.4 Å². The van der Waals surface area contributed by atoms with Gasteiger partial charge in [0.2, 0.25) is 0 Å². The maximum atomic E-state index is 11.6. The molecule has 4 N–H and O–H groups in total. The molecule has 0 spiro atoms. The molecule has 110 valence electrons. The van der Waals surface area contributed by atoms with Gasteiger partial charge in [-0.15, -0.1) is 0 Å². The maximum absolute atomic E-state index is 11.6. The second-order valence-electron chi connectivity index (χ2n) is 5.93. The van der Waals surface area contributed by atoms with Crippen molar-refractivity contribution in [3.05, 3.63) is 17.8 Å². The highest BCUT2D eigenvalue weighted by molar-refractivity contribution is 5.98. The van der Waals surface area contributed by atoms with Gasteiger partial charge in [0.1, 0.15) is 5.82 Å². The molecule has 1 aliphatic heterocycles. The van der Waals surface area contributed by atoms with Crippen molar-refractivity contribution in [1.29, 1.82) is 0 Å². The Balaban J connectivity index is 2.21. The Hall–Kier alpha value is -1.78. The van der Waals surface area contributed by atoms with Crippen molar-refractivity contribution in [2.24, 2.45) is 17.6 Å². The molecule has 2 rings (SSSR count). The van der Waals surface area contributed by atoms with E-state index in [4.69, 9.17) is 11.5 Å². The Kier molecular flexibility index (Phi) is 4.47. The quantitative estimate of drug-likeness (QED) is 0.884. The monoisotopic (exact) mass is 276 g/mol. The van der Waals surface area contributed by atoms with E-state index in [9.17, 15) is 4.79 Å². The summed E-state index contributed by atoms with van der Waals surface area (Å²) < 4.78 is 0. The Labute approximate surface area is 120 Å². The number of amides is 1. The number of aromatic nitrogens is 1. The Morgan fingerprint density at radius 3 is 2.80 bits per heavy atom. The number of nitrogen functional groups attached to an aromatic ring is 1. The summed E-state index contributed by atoms with van der Waals surface area (Å²) in [7, 11) is 0. The van der Waals surface area contributed by atoms with E-state index in [0.29, 0.717) is 23.0 Å². The lowest BCUT2D eigenvalue weighted by Gasteiger charge is -2.24. The van der Waals surface area contributed by atoms with Crippen LogP contribution in [0, 0.1) is 11.8 Å². The molecule has 0 saturated carbocycles. The summed E-state index contributed by atoms with van der Waals surface area (Å²) in [4.78, 5) is 18.1. The number of pyridine rings is 1. The third-order valence-electron chi connectivity index (χ3n) is 4.17. The molecular formula is C15H24N4O. The van der Waals surface area contributed by atoms with Gasteiger partial charge >= 0.3 is 0 Å². The minimum absolute atomic E-state index is 0.424. The summed E-state index contributed by atoms with van der Waals surface area (Å²) in [6.45, 7) is 6.38. The summed E-state index contributed by atoms with van der Waals surface area (Å²) in [5.41, 5.74) is 12.0. The van der Waals surface area contributed by atoms with E-state index in [1.54, 1.807) is 12.3 Å². The second-order valence-corrected chi connectivity index (χ2v) is 5.93. The number of carbonyl (C=O) groups is 1. The van der Waals surface area contributed by atoms with Crippen LogP contribution in [0.1, 0.15) is 43.5 Å². The SMILES string of the molecule is CC(C)C1CCCN(c2ncc(N)cc2C(N)=O)CC1. The summed E-state index contributed by atoms with van der Waals surface area (Å²) in [5.74, 6) is 1.65. The van der Waals surface area contributed by atoms with E-state index in [0.717, 1.165) is 31.8 Å². The van der Waals surface area contributed by atoms with Gasteiger partial charge in [0, 0.05) is 13.1 Å². The predicted molar refractivity (Wildman–Crippen MR) is 81.6 cm³/mol. The topological polar surface area (TPSA) is 85.2 Å². The molecule has 1 aromatic heterocycles. The summed E-state index contributed by atoms with van der Waals surface area (Å²) in [6, 6.07) is 1.62. The van der Waals surface area contributed by atoms with Crippen molar-refractivity contribution in [1.82, 2.24) is 4.98 Å². The van der Waals surface area contributed by atoms with Crippen molar-refractivity contribution in [2.75, 3.05) is 23.7 Å². The van der Waals surface area contributed by atoms with Crippen LogP contribution in [0.15, 0.2) is 12.3 Å². The van der Waals surface area contributed by atoms with Gasteiger partial charge in [-0.25, -0.2) is 4.98 Å². The van der Waals surface area contributed by atoms with Crippen molar-refractivity contribution in [2.45, 2.75) is 33.1 Å². The smallest absolute Gasteiger partial charge is 0.252 e. The van der Waals surface area contributed by atoms with Crippen molar-refractivity contribution < 1.29 is 4.79 Å². The predicted octanol–water partition coefficient (Wildman–Crippen LogP) is 2.03. The molecular weight excluding hydrogens is 252 g/mol. The van der Waals surface area contributed by atoms with E-state index >= 15 is 0 Å². The maximum Gasteiger partial charge on any atom is 0.252 e. The molecule has 1 saturated heterocycles. The van der Waals surface area contributed by atoms with Gasteiger partial charge in [-0.1, -0.05) is 13.8 Å². The van der Waals surface area contributed by atoms with Crippen LogP contribution in [0.2, 0.25) is 0 Å². The fourth-order valence-corrected chi connectivity index (χ4v) is 2.91. The Morgan fingerprint density at radius 2 is 2.15 bits per heavy atom. The van der Waals surface area contributed by atoms with Crippen LogP contribution < -0.4 is 16.4 Å². The van der Waals surface area contributed by atoms with E-state index in [1.807, 2.05) is 0 Å². The molecule has 1 aliphatic rings. The van der Waals surface area contributed by atoms with Crippen LogP contribution in [0.3, 0.4) is 0 Å². The van der Waals surface area contributed by atoms with Crippen LogP contribution >= 0.6 is 0 Å². The number of primary amides is 1. The number of nitrogens with two attached hydrogens (primary N) is 2. The Morgan fingerprint density at radius 1 is 1.40 bits per heavy atom. The standard InChI is InChI=1S/C15H24N4O/c1-10(2)11-4-3-6-19(7-5-11)15-13(14(17)20)8-12(16)9-18-15/h8-11H,3-7,16H2,1-2H3,(H2,17,20). The number of carbonyl (C=O) groups excluding carboxylic acids is 1. The fourth-order valence-electron chi connectivity index (χ4n) is 2.91. The minimum atomic E-state index is -0.468. The van der Waals surface area contributed by atoms with Gasteiger partial charge in [0.05, 0.1) is 17.4 Å². The fraction of sp³-hybridized carbons (Fsp3) is 0.600. The normalized spacial score (nSPS) is 19.9. The van der Waals surface area contributed by atoms with Crippen molar-refractivity contribution in [3.8, 4) is 0 Å². The summed E-state index contributed by atoms with van der Waals surface area (Å²) in [6.07, 6.45) is 5.07. The number of anilines is 2. The molecule has 1 fully saturated rings. The zero-order valence-electron chi connectivity index (χ0n) is 12.3. The molecule has 0 radical (unpaired) electrons. The van der Waals surface area contributed by atoms with Crippen LogP contribution in [0.25, 0.3) is 0 Å². The molecule has 1 unspecified atom stereocenters. The highest BCUT2D eigenvalue weighted by Gasteiger charge is 2.23. The lowest BCUT2D eigenvalue weighted by molar-refractivity contribution is 0.100. The van der Waals surface area contributed by atoms with Gasteiger partial charge in [-0.05, 0) is 37.2 Å². The number of hydrogen-bond acceptors (Lipinski definition) is 4. The van der Waals surface area contributed by atoms with Gasteiger partial charge in [-0.2, -0.15) is 0 Å². The number of nitrogens with zero attached hydrogens (tertiary/aromatic N) is 2. The lowest BCUT2D eigenvalue weighted by Crippen LogP contribution is -2.29. The van der Waals surface area contributed by atoms with Crippen LogP contribution in [-0.2, 0) is 0 Å². The summed E-state index contributed by atoms with van der Waals surface area (Å²) in [5, 5.41) is 0. The van der Waals surface area contributed by atoms with E-state index < -0.39 is 5.91 Å². The molecule has 20 heavy (non-hydrogen) atoms. The van der Waals surface area contributed by atoms with Crippen molar-refractivity contribution >= 4 is 17.4 Å². The zero-order valence-corrected chi connectivity index (χ0v) is 12.3. The molecule has 0 aromatic carbocycles. The third-order valence-corrected chi connectivity index (χ3v) is 4.17. The molecule has 0 bridgehead atoms. The molecule has 5 nitrogen and oxygen atoms in total. The van der Waals surface area contributed by atoms with Crippen LogP contribution in [0.4, 0.5) is 11.5 Å². The largest absolute Gasteiger partial charge is 0.397 e. The third kappa shape index (κ3) is 3.21. The average molecular weight is 276 g/mol. The number of hydrogen-bond donors (Lipinski definition) is 2. The highest BCUT2D eigenvalue weighted by atomic mass is 16.1. The molecule has 1 amide bonds. The van der Waals surface area contributed by atoms with Gasteiger partial charge in [0.25, 0.3) is 5.91 Å². The average Bonchev–Trinajstić information content (AvgIpc) is 2.64. The molecule has 1 atom stereocenters. The van der Waals surface area contributed by atoms with Crippen LogP contribution in [0.5, 0.6) is 0 Å². The molecule has 5 heteroatoms. The first-order chi connectivity index (χ1) is 9.49. The first-order valence-electron chi connectivity index (χ1n) is 7.29. The molecule has 0 aliphatic carbocycles. The zero-order chi connectivity index (χ0) is 14.7. The van der Waals surface area contributed by atoms with E-state index in [-0.39, 0.29) is 0 Å². The van der Waals surface area contributed by atoms with E-state index in [2.05, 4.69) is 23.7 Å². The van der Waals surface area contributed by atoms with Crippen LogP contribution in [-0.4, -0.2) is 24.0 Å². The van der Waals surface area contributed by atoms with Gasteiger partial charge in [0.15, 0.2) is 0 Å². The number of rotatable bonds is 3. The first-order valence-corrected chi connectivity index (χ1v) is 7.29. The first kappa shape index (κ1) is 14.6. The second kappa shape index (κ2) is 6.11.